The number of methoxy groups -OCH3 is 1. The zero-order valence-electron chi connectivity index (χ0n) is 15.0. The standard InChI is InChI=1S/C18H18ClN3O5/c1-4-5-22-16-13(17(25)21(2)18(22)26)15(24)11(20-16)7-9-6-10(19)14(23)12(8-9)27-3/h6-8,20,23H,4-5H2,1-3H3. The van der Waals surface area contributed by atoms with Gasteiger partial charge in [-0.3, -0.25) is 18.7 Å². The highest BCUT2D eigenvalue weighted by atomic mass is 35.5. The molecule has 142 valence electrons. The molecule has 0 spiro atoms. The van der Waals surface area contributed by atoms with Crippen molar-refractivity contribution in [2.24, 2.45) is 7.05 Å². The van der Waals surface area contributed by atoms with Gasteiger partial charge in [0, 0.05) is 13.6 Å². The summed E-state index contributed by atoms with van der Waals surface area (Å²) in [5.41, 5.74) is -0.601. The minimum absolute atomic E-state index is 0.0583. The molecule has 2 aromatic rings. The SMILES string of the molecule is CCCn1c2c(c(=O)n(C)c1=O)C(=O)C(=Cc1cc(Cl)c(O)c(OC)c1)N2. The van der Waals surface area contributed by atoms with Crippen LogP contribution in [0.5, 0.6) is 11.5 Å². The number of allylic oxidation sites excluding steroid dienone is 1. The molecule has 8 nitrogen and oxygen atoms in total. The van der Waals surface area contributed by atoms with E-state index in [1.54, 1.807) is 0 Å². The molecule has 1 aliphatic rings. The Morgan fingerprint density at radius 1 is 1.30 bits per heavy atom. The first kappa shape index (κ1) is 18.8. The number of hydrogen-bond donors (Lipinski definition) is 2. The van der Waals surface area contributed by atoms with E-state index in [1.165, 1.54) is 36.9 Å². The normalized spacial score (nSPS) is 14.4. The average Bonchev–Trinajstić information content (AvgIpc) is 2.96. The Labute approximate surface area is 159 Å². The Hall–Kier alpha value is -3.00. The smallest absolute Gasteiger partial charge is 0.332 e. The molecule has 0 fully saturated rings. The summed E-state index contributed by atoms with van der Waals surface area (Å²) in [6.07, 6.45) is 2.14. The predicted molar refractivity (Wildman–Crippen MR) is 102 cm³/mol. The van der Waals surface area contributed by atoms with Crippen molar-refractivity contribution < 1.29 is 14.6 Å². The molecule has 0 amide bonds. The number of Topliss-reactive ketones (excluding diaryl/α,β-unsaturated/α-hetero) is 1. The minimum atomic E-state index is -0.649. The van der Waals surface area contributed by atoms with Crippen LogP contribution in [0.2, 0.25) is 5.02 Å². The Bertz CT molecular complexity index is 1100. The third-order valence-electron chi connectivity index (χ3n) is 4.30. The van der Waals surface area contributed by atoms with Gasteiger partial charge in [-0.1, -0.05) is 18.5 Å². The van der Waals surface area contributed by atoms with Gasteiger partial charge in [-0.25, -0.2) is 4.79 Å². The third-order valence-corrected chi connectivity index (χ3v) is 4.58. The van der Waals surface area contributed by atoms with Crippen LogP contribution in [0.25, 0.3) is 6.08 Å². The second-order valence-corrected chi connectivity index (χ2v) is 6.49. The third kappa shape index (κ3) is 3.02. The van der Waals surface area contributed by atoms with Gasteiger partial charge in [-0.2, -0.15) is 0 Å². The number of fused-ring (bicyclic) bond motifs is 1. The lowest BCUT2D eigenvalue weighted by Gasteiger charge is -2.11. The molecule has 1 aromatic carbocycles. The van der Waals surface area contributed by atoms with Crippen LogP contribution in [0.1, 0.15) is 29.3 Å². The number of anilines is 1. The monoisotopic (exact) mass is 391 g/mol. The molecule has 1 aromatic heterocycles. The van der Waals surface area contributed by atoms with E-state index in [2.05, 4.69) is 5.32 Å². The molecule has 2 N–H and O–H groups in total. The predicted octanol–water partition coefficient (Wildman–Crippen LogP) is 1.97. The van der Waals surface area contributed by atoms with Crippen LogP contribution in [0.4, 0.5) is 5.82 Å². The number of nitrogens with zero attached hydrogens (tertiary/aromatic N) is 2. The molecule has 0 saturated carbocycles. The maximum Gasteiger partial charge on any atom is 0.332 e. The first-order chi connectivity index (χ1) is 12.8. The largest absolute Gasteiger partial charge is 0.503 e. The van der Waals surface area contributed by atoms with Crippen LogP contribution >= 0.6 is 11.6 Å². The van der Waals surface area contributed by atoms with Crippen molar-refractivity contribution in [3.05, 3.63) is 54.8 Å². The maximum absolute atomic E-state index is 12.8. The summed E-state index contributed by atoms with van der Waals surface area (Å²) in [5.74, 6) is -0.381. The van der Waals surface area contributed by atoms with Gasteiger partial charge in [0.1, 0.15) is 11.4 Å². The number of rotatable bonds is 4. The van der Waals surface area contributed by atoms with Crippen molar-refractivity contribution in [2.75, 3.05) is 12.4 Å². The molecule has 0 bridgehead atoms. The Kier molecular flexibility index (Phi) is 4.84. The van der Waals surface area contributed by atoms with Crippen molar-refractivity contribution in [1.82, 2.24) is 9.13 Å². The van der Waals surface area contributed by atoms with Crippen LogP contribution in [-0.2, 0) is 13.6 Å². The van der Waals surface area contributed by atoms with E-state index in [0.717, 1.165) is 4.57 Å². The molecule has 0 aliphatic carbocycles. The second kappa shape index (κ2) is 6.96. The summed E-state index contributed by atoms with van der Waals surface area (Å²) in [6.45, 7) is 2.25. The molecule has 0 saturated heterocycles. The Balaban J connectivity index is 2.15. The van der Waals surface area contributed by atoms with Crippen molar-refractivity contribution >= 4 is 29.3 Å². The van der Waals surface area contributed by atoms with Gasteiger partial charge >= 0.3 is 5.69 Å². The van der Waals surface area contributed by atoms with Gasteiger partial charge in [0.25, 0.3) is 5.56 Å². The quantitative estimate of drug-likeness (QED) is 0.772. The van der Waals surface area contributed by atoms with Crippen LogP contribution < -0.4 is 21.3 Å². The fourth-order valence-electron chi connectivity index (χ4n) is 2.95. The molecule has 0 unspecified atom stereocenters. The van der Waals surface area contributed by atoms with Crippen LogP contribution in [-0.4, -0.2) is 27.1 Å². The fourth-order valence-corrected chi connectivity index (χ4v) is 3.17. The molecule has 0 radical (unpaired) electrons. The lowest BCUT2D eigenvalue weighted by Crippen LogP contribution is -2.40. The minimum Gasteiger partial charge on any atom is -0.503 e. The van der Waals surface area contributed by atoms with E-state index >= 15 is 0 Å². The number of aromatic nitrogens is 2. The van der Waals surface area contributed by atoms with Crippen molar-refractivity contribution in [3.63, 3.8) is 0 Å². The van der Waals surface area contributed by atoms with Gasteiger partial charge in [0.15, 0.2) is 11.5 Å². The summed E-state index contributed by atoms with van der Waals surface area (Å²) in [6, 6.07) is 2.96. The summed E-state index contributed by atoms with van der Waals surface area (Å²) in [7, 11) is 2.72. The highest BCUT2D eigenvalue weighted by Gasteiger charge is 2.32. The highest BCUT2D eigenvalue weighted by Crippen LogP contribution is 2.36. The zero-order valence-corrected chi connectivity index (χ0v) is 15.8. The number of halogens is 1. The molecule has 9 heteroatoms. The first-order valence-corrected chi connectivity index (χ1v) is 8.61. The van der Waals surface area contributed by atoms with Crippen LogP contribution in [0.15, 0.2) is 27.4 Å². The van der Waals surface area contributed by atoms with E-state index in [0.29, 0.717) is 18.5 Å². The number of carbonyl (C=O) groups is 1. The van der Waals surface area contributed by atoms with E-state index < -0.39 is 17.0 Å². The maximum atomic E-state index is 12.8. The number of phenolic OH excluding ortho intramolecular Hbond substituents is 1. The first-order valence-electron chi connectivity index (χ1n) is 8.23. The topological polar surface area (TPSA) is 103 Å². The number of aromatic hydroxyl groups is 1. The van der Waals surface area contributed by atoms with E-state index in [1.807, 2.05) is 6.92 Å². The molecule has 1 aliphatic heterocycles. The lowest BCUT2D eigenvalue weighted by atomic mass is 10.1. The summed E-state index contributed by atoms with van der Waals surface area (Å²) in [5, 5.41) is 12.8. The molecular weight excluding hydrogens is 374 g/mol. The van der Waals surface area contributed by atoms with E-state index in [9.17, 15) is 19.5 Å². The van der Waals surface area contributed by atoms with Crippen LogP contribution in [0.3, 0.4) is 0 Å². The van der Waals surface area contributed by atoms with Crippen molar-refractivity contribution in [1.29, 1.82) is 0 Å². The average molecular weight is 392 g/mol. The zero-order chi connectivity index (χ0) is 19.9. The molecule has 2 heterocycles. The number of ketones is 1. The second-order valence-electron chi connectivity index (χ2n) is 6.09. The number of ether oxygens (including phenoxy) is 1. The summed E-state index contributed by atoms with van der Waals surface area (Å²) >= 11 is 5.98. The molecule has 0 atom stereocenters. The van der Waals surface area contributed by atoms with E-state index in [-0.39, 0.29) is 33.6 Å². The van der Waals surface area contributed by atoms with Gasteiger partial charge in [0.2, 0.25) is 5.78 Å². The lowest BCUT2D eigenvalue weighted by molar-refractivity contribution is 0.104. The highest BCUT2D eigenvalue weighted by molar-refractivity contribution is 6.32. The van der Waals surface area contributed by atoms with E-state index in [4.69, 9.17) is 16.3 Å². The van der Waals surface area contributed by atoms with Gasteiger partial charge in [0.05, 0.1) is 17.8 Å². The Morgan fingerprint density at radius 2 is 2.00 bits per heavy atom. The molecule has 3 rings (SSSR count). The number of phenols is 1. The van der Waals surface area contributed by atoms with Gasteiger partial charge in [-0.15, -0.1) is 0 Å². The molecule has 27 heavy (non-hydrogen) atoms. The van der Waals surface area contributed by atoms with Gasteiger partial charge in [-0.05, 0) is 30.2 Å². The van der Waals surface area contributed by atoms with Gasteiger partial charge < -0.3 is 15.2 Å². The fraction of sp³-hybridized carbons (Fsp3) is 0.278. The number of carbonyl (C=O) groups excluding carboxylic acids is 1. The Morgan fingerprint density at radius 3 is 2.63 bits per heavy atom. The number of nitrogens with one attached hydrogen (secondary N) is 1. The van der Waals surface area contributed by atoms with Crippen molar-refractivity contribution in [3.8, 4) is 11.5 Å². The summed E-state index contributed by atoms with van der Waals surface area (Å²) < 4.78 is 7.36. The number of hydrogen-bond acceptors (Lipinski definition) is 6. The molecular formula is C18H18ClN3O5. The van der Waals surface area contributed by atoms with Crippen LogP contribution in [0, 0.1) is 0 Å². The summed E-state index contributed by atoms with van der Waals surface area (Å²) in [4.78, 5) is 37.6. The number of benzene rings is 1. The van der Waals surface area contributed by atoms with Crippen molar-refractivity contribution in [2.45, 2.75) is 19.9 Å².